The summed E-state index contributed by atoms with van der Waals surface area (Å²) in [7, 11) is 0. The number of benzene rings is 2. The Bertz CT molecular complexity index is 938. The fraction of sp³-hybridized carbons (Fsp3) is 0.190. The Kier molecular flexibility index (Phi) is 4.36. The Morgan fingerprint density at radius 1 is 1.08 bits per heavy atom. The van der Waals surface area contributed by atoms with Gasteiger partial charge in [-0.15, -0.1) is 0 Å². The highest BCUT2D eigenvalue weighted by molar-refractivity contribution is 6.00. The number of nitrogens with one attached hydrogen (secondary N) is 1. The molecule has 1 aromatic heterocycles. The van der Waals surface area contributed by atoms with Gasteiger partial charge in [0.05, 0.1) is 22.9 Å². The second-order valence-electron chi connectivity index (χ2n) is 6.98. The van der Waals surface area contributed by atoms with Gasteiger partial charge in [-0.25, -0.2) is 4.98 Å². The summed E-state index contributed by atoms with van der Waals surface area (Å²) in [6.07, 6.45) is 3.01. The third-order valence-corrected chi connectivity index (χ3v) is 4.04. The first-order valence-corrected chi connectivity index (χ1v) is 8.18. The predicted octanol–water partition coefficient (Wildman–Crippen LogP) is 4.72. The molecule has 1 N–H and O–H groups in total. The Labute approximate surface area is 147 Å². The van der Waals surface area contributed by atoms with Gasteiger partial charge in [0.15, 0.2) is 0 Å². The maximum atomic E-state index is 11.5. The van der Waals surface area contributed by atoms with E-state index in [2.05, 4.69) is 61.9 Å². The van der Waals surface area contributed by atoms with Crippen molar-refractivity contribution in [1.29, 1.82) is 0 Å². The molecule has 0 fully saturated rings. The Morgan fingerprint density at radius 2 is 1.80 bits per heavy atom. The molecule has 0 aliphatic heterocycles. The summed E-state index contributed by atoms with van der Waals surface area (Å²) in [6, 6.07) is 13.9. The van der Waals surface area contributed by atoms with E-state index in [1.165, 1.54) is 11.6 Å². The molecule has 0 radical (unpaired) electrons. The van der Waals surface area contributed by atoms with E-state index in [0.29, 0.717) is 5.69 Å². The third kappa shape index (κ3) is 3.74. The summed E-state index contributed by atoms with van der Waals surface area (Å²) in [5, 5.41) is 2.74. The molecule has 3 aromatic rings. The minimum Gasteiger partial charge on any atom is -0.322 e. The van der Waals surface area contributed by atoms with Crippen molar-refractivity contribution in [3.8, 4) is 11.3 Å². The molecule has 1 heterocycles. The lowest BCUT2D eigenvalue weighted by atomic mass is 9.86. The van der Waals surface area contributed by atoms with E-state index in [9.17, 15) is 4.79 Å². The molecule has 4 nitrogen and oxygen atoms in total. The van der Waals surface area contributed by atoms with Gasteiger partial charge in [0.1, 0.15) is 0 Å². The summed E-state index contributed by atoms with van der Waals surface area (Å²) in [5.74, 6) is -0.249. The number of carbonyl (C=O) groups excluding carboxylic acids is 1. The van der Waals surface area contributed by atoms with Crippen LogP contribution in [0.3, 0.4) is 0 Å². The lowest BCUT2D eigenvalue weighted by molar-refractivity contribution is -0.111. The van der Waals surface area contributed by atoms with Crippen LogP contribution in [0.5, 0.6) is 0 Å². The highest BCUT2D eigenvalue weighted by atomic mass is 16.1. The fourth-order valence-corrected chi connectivity index (χ4v) is 2.56. The molecule has 0 aliphatic carbocycles. The minimum atomic E-state index is -0.249. The third-order valence-electron chi connectivity index (χ3n) is 4.04. The molecule has 2 aromatic carbocycles. The topological polar surface area (TPSA) is 54.9 Å². The molecule has 0 unspecified atom stereocenters. The van der Waals surface area contributed by atoms with E-state index in [0.717, 1.165) is 22.3 Å². The number of anilines is 1. The van der Waals surface area contributed by atoms with Crippen molar-refractivity contribution in [1.82, 2.24) is 9.97 Å². The minimum absolute atomic E-state index is 0.117. The standard InChI is InChI=1S/C21H21N3O/c1-5-20(25)23-16-10-11-17-18(12-16)24-19(13-22-17)14-6-8-15(9-7-14)21(2,3)4/h5-13H,1H2,2-4H3,(H,23,25). The van der Waals surface area contributed by atoms with E-state index in [1.807, 2.05) is 12.1 Å². The van der Waals surface area contributed by atoms with Crippen molar-refractivity contribution in [2.24, 2.45) is 0 Å². The van der Waals surface area contributed by atoms with Crippen molar-refractivity contribution >= 4 is 22.6 Å². The molecule has 1 amide bonds. The van der Waals surface area contributed by atoms with Gasteiger partial charge in [0, 0.05) is 11.3 Å². The van der Waals surface area contributed by atoms with Crippen molar-refractivity contribution in [3.63, 3.8) is 0 Å². The van der Waals surface area contributed by atoms with Crippen LogP contribution in [0.15, 0.2) is 61.3 Å². The van der Waals surface area contributed by atoms with Gasteiger partial charge in [0.25, 0.3) is 0 Å². The number of fused-ring (bicyclic) bond motifs is 1. The quantitative estimate of drug-likeness (QED) is 0.707. The zero-order chi connectivity index (χ0) is 18.0. The van der Waals surface area contributed by atoms with E-state index >= 15 is 0 Å². The van der Waals surface area contributed by atoms with Gasteiger partial charge in [-0.2, -0.15) is 0 Å². The van der Waals surface area contributed by atoms with Crippen molar-refractivity contribution < 1.29 is 4.79 Å². The van der Waals surface area contributed by atoms with Crippen LogP contribution in [0.25, 0.3) is 22.3 Å². The van der Waals surface area contributed by atoms with Gasteiger partial charge in [-0.3, -0.25) is 9.78 Å². The van der Waals surface area contributed by atoms with Crippen LogP contribution in [0.4, 0.5) is 5.69 Å². The summed E-state index contributed by atoms with van der Waals surface area (Å²) in [6.45, 7) is 10.0. The maximum Gasteiger partial charge on any atom is 0.247 e. The van der Waals surface area contributed by atoms with Crippen LogP contribution in [0.2, 0.25) is 0 Å². The first kappa shape index (κ1) is 16.8. The van der Waals surface area contributed by atoms with Crippen molar-refractivity contribution in [2.45, 2.75) is 26.2 Å². The van der Waals surface area contributed by atoms with E-state index in [-0.39, 0.29) is 11.3 Å². The smallest absolute Gasteiger partial charge is 0.247 e. The molecule has 3 rings (SSSR count). The highest BCUT2D eigenvalue weighted by Gasteiger charge is 2.13. The number of hydrogen-bond donors (Lipinski definition) is 1. The molecule has 126 valence electrons. The molecule has 0 bridgehead atoms. The van der Waals surface area contributed by atoms with Crippen LogP contribution in [-0.2, 0) is 10.2 Å². The average molecular weight is 331 g/mol. The van der Waals surface area contributed by atoms with Crippen LogP contribution in [0.1, 0.15) is 26.3 Å². The Morgan fingerprint density at radius 3 is 2.44 bits per heavy atom. The first-order chi connectivity index (χ1) is 11.9. The molecule has 0 atom stereocenters. The number of hydrogen-bond acceptors (Lipinski definition) is 3. The van der Waals surface area contributed by atoms with Gasteiger partial charge < -0.3 is 5.32 Å². The molecular weight excluding hydrogens is 310 g/mol. The summed E-state index contributed by atoms with van der Waals surface area (Å²) in [5.41, 5.74) is 5.41. The first-order valence-electron chi connectivity index (χ1n) is 8.18. The molecule has 0 aliphatic rings. The lowest BCUT2D eigenvalue weighted by Gasteiger charge is -2.19. The summed E-state index contributed by atoms with van der Waals surface area (Å²) in [4.78, 5) is 20.6. The number of amides is 1. The van der Waals surface area contributed by atoms with Gasteiger partial charge >= 0.3 is 0 Å². The molecule has 0 saturated carbocycles. The highest BCUT2D eigenvalue weighted by Crippen LogP contribution is 2.26. The van der Waals surface area contributed by atoms with Gasteiger partial charge in [0.2, 0.25) is 5.91 Å². The summed E-state index contributed by atoms with van der Waals surface area (Å²) < 4.78 is 0. The fourth-order valence-electron chi connectivity index (χ4n) is 2.56. The van der Waals surface area contributed by atoms with Crippen LogP contribution in [-0.4, -0.2) is 15.9 Å². The van der Waals surface area contributed by atoms with E-state index in [4.69, 9.17) is 4.98 Å². The SMILES string of the molecule is C=CC(=O)Nc1ccc2ncc(-c3ccc(C(C)(C)C)cc3)nc2c1. The average Bonchev–Trinajstić information content (AvgIpc) is 2.60. The molecular formula is C21H21N3O. The lowest BCUT2D eigenvalue weighted by Crippen LogP contribution is -2.10. The molecule has 25 heavy (non-hydrogen) atoms. The Balaban J connectivity index is 1.96. The largest absolute Gasteiger partial charge is 0.322 e. The number of rotatable bonds is 3. The van der Waals surface area contributed by atoms with Crippen molar-refractivity contribution in [3.05, 3.63) is 66.9 Å². The van der Waals surface area contributed by atoms with Crippen molar-refractivity contribution in [2.75, 3.05) is 5.32 Å². The molecule has 4 heteroatoms. The zero-order valence-corrected chi connectivity index (χ0v) is 14.7. The van der Waals surface area contributed by atoms with Crippen LogP contribution >= 0.6 is 0 Å². The monoisotopic (exact) mass is 331 g/mol. The Hall–Kier alpha value is -3.01. The summed E-state index contributed by atoms with van der Waals surface area (Å²) >= 11 is 0. The zero-order valence-electron chi connectivity index (χ0n) is 14.7. The second kappa shape index (κ2) is 6.48. The van der Waals surface area contributed by atoms with Gasteiger partial charge in [-0.1, -0.05) is 51.6 Å². The van der Waals surface area contributed by atoms with E-state index in [1.54, 1.807) is 12.3 Å². The molecule has 0 saturated heterocycles. The second-order valence-corrected chi connectivity index (χ2v) is 6.98. The van der Waals surface area contributed by atoms with Gasteiger partial charge in [-0.05, 0) is 35.3 Å². The normalized spacial score (nSPS) is 11.3. The maximum absolute atomic E-state index is 11.5. The van der Waals surface area contributed by atoms with Crippen LogP contribution in [0, 0.1) is 0 Å². The predicted molar refractivity (Wildman–Crippen MR) is 103 cm³/mol. The number of carbonyl (C=O) groups is 1. The van der Waals surface area contributed by atoms with E-state index < -0.39 is 0 Å². The number of aromatic nitrogens is 2. The van der Waals surface area contributed by atoms with Crippen LogP contribution < -0.4 is 5.32 Å². The number of nitrogens with zero attached hydrogens (tertiary/aromatic N) is 2. The molecule has 0 spiro atoms.